The Balaban J connectivity index is 0.000000180. The molecular formula is C40H43BrCl2N12O8S2. The number of fused-ring (bicyclic) bond motifs is 2. The van der Waals surface area contributed by atoms with Crippen molar-refractivity contribution in [3.63, 3.8) is 0 Å². The number of carbonyl (C=O) groups excluding carboxylic acids is 4. The summed E-state index contributed by atoms with van der Waals surface area (Å²) in [5, 5.41) is 10.9. The number of thiazole rings is 2. The number of anilines is 2. The lowest BCUT2D eigenvalue weighted by Crippen LogP contribution is -2.52. The van der Waals surface area contributed by atoms with Crippen molar-refractivity contribution in [1.82, 2.24) is 49.9 Å². The molecule has 2 atom stereocenters. The zero-order valence-electron chi connectivity index (χ0n) is 35.3. The van der Waals surface area contributed by atoms with E-state index in [1.165, 1.54) is 63.8 Å². The molecule has 4 amide bonds. The normalized spacial score (nSPS) is 14.8. The summed E-state index contributed by atoms with van der Waals surface area (Å²) >= 11 is 17.6. The number of nitrogens with zero attached hydrogens (tertiary/aromatic N) is 9. The molecule has 6 heterocycles. The minimum Gasteiger partial charge on any atom is -0.479 e. The summed E-state index contributed by atoms with van der Waals surface area (Å²) in [4.78, 5) is 79.7. The summed E-state index contributed by atoms with van der Waals surface area (Å²) < 4.78 is 19.9. The van der Waals surface area contributed by atoms with Gasteiger partial charge in [-0.2, -0.15) is 9.97 Å². The second-order valence-corrected chi connectivity index (χ2v) is 17.4. The van der Waals surface area contributed by atoms with E-state index in [9.17, 15) is 19.2 Å². The molecule has 0 bridgehead atoms. The first-order chi connectivity index (χ1) is 31.4. The van der Waals surface area contributed by atoms with Gasteiger partial charge in [0.2, 0.25) is 11.8 Å². The Morgan fingerprint density at radius 1 is 0.677 bits per heavy atom. The van der Waals surface area contributed by atoms with E-state index in [0.717, 1.165) is 24.2 Å². The van der Waals surface area contributed by atoms with E-state index in [1.54, 1.807) is 46.2 Å². The smallest absolute Gasteiger partial charge is 0.327 e. The van der Waals surface area contributed by atoms with E-state index in [4.69, 9.17) is 37.4 Å². The molecule has 8 rings (SSSR count). The molecule has 4 aromatic heterocycles. The predicted octanol–water partition coefficient (Wildman–Crippen LogP) is 6.29. The number of methoxy groups -OCH3 is 4. The van der Waals surface area contributed by atoms with E-state index in [-0.39, 0.29) is 24.0 Å². The Kier molecular flexibility index (Phi) is 17.7. The number of hydrogen-bond acceptors (Lipinski definition) is 18. The third-order valence-electron chi connectivity index (χ3n) is 9.65. The van der Waals surface area contributed by atoms with Crippen LogP contribution in [0.2, 0.25) is 10.0 Å². The van der Waals surface area contributed by atoms with Gasteiger partial charge < -0.3 is 34.1 Å². The second-order valence-electron chi connectivity index (χ2n) is 13.7. The lowest BCUT2D eigenvalue weighted by Gasteiger charge is -2.38. The first kappa shape index (κ1) is 48.9. The Hall–Kier alpha value is -5.56. The molecule has 0 aliphatic carbocycles. The zero-order valence-corrected chi connectivity index (χ0v) is 40.1. The van der Waals surface area contributed by atoms with Crippen molar-refractivity contribution in [3.05, 3.63) is 82.4 Å². The average molecular weight is 1030 g/mol. The van der Waals surface area contributed by atoms with Crippen LogP contribution < -0.4 is 25.4 Å². The number of aromatic nitrogens is 6. The fraction of sp³-hybridized carbons (Fsp3) is 0.350. The van der Waals surface area contributed by atoms with Crippen LogP contribution in [-0.2, 0) is 19.1 Å². The summed E-state index contributed by atoms with van der Waals surface area (Å²) in [5.74, 6) is 0.0705. The molecule has 65 heavy (non-hydrogen) atoms. The van der Waals surface area contributed by atoms with Crippen LogP contribution in [0.5, 0.6) is 11.8 Å². The molecule has 20 nitrogen and oxygen atoms in total. The SMILES string of the molecule is COC(=O)C(Br)c1cccc(Cl)c1.COC(=O)C(c1cccc(Cl)c1)N1CCN(C(=O)Nc2nc3c(OC)ncnc3s2)CC1.COc1ncnc2sc(NC(=O)N3CCNCC3)nc12. The highest BCUT2D eigenvalue weighted by Crippen LogP contribution is 2.31. The highest BCUT2D eigenvalue weighted by atomic mass is 79.9. The standard InChI is InChI=1S/C20H21ClN6O4S.C11H14N6O2S.C9H8BrClO2/c1-30-16-14-17(23-11-22-16)32-19(24-14)25-20(29)27-8-6-26(7-9-27)15(18(28)31-2)12-4-3-5-13(21)10-12;1-19-8-7-9(14-6-13-8)20-10(15-7)16-11(18)17-4-2-12-3-5-17;1-13-9(12)8(10)6-3-2-4-7(11)5-6/h3-5,10-11,15H,6-9H2,1-2H3,(H,24,25,29);6,12H,2-5H2,1H3,(H,15,16,18);2-5,8H,1H3. The van der Waals surface area contributed by atoms with Crippen molar-refractivity contribution in [2.45, 2.75) is 10.9 Å². The molecular weight excluding hydrogens is 991 g/mol. The van der Waals surface area contributed by atoms with Crippen LogP contribution in [-0.4, -0.2) is 149 Å². The number of carbonyl (C=O) groups is 4. The predicted molar refractivity (Wildman–Crippen MR) is 250 cm³/mol. The van der Waals surface area contributed by atoms with Gasteiger partial charge in [0.05, 0.1) is 28.4 Å². The molecule has 3 N–H and O–H groups in total. The van der Waals surface area contributed by atoms with Crippen LogP contribution in [0.15, 0.2) is 61.2 Å². The monoisotopic (exact) mass is 1030 g/mol. The number of nitrogens with one attached hydrogen (secondary N) is 3. The topological polar surface area (TPSA) is 228 Å². The Morgan fingerprint density at radius 3 is 1.63 bits per heavy atom. The van der Waals surface area contributed by atoms with Gasteiger partial charge in [0.25, 0.3) is 0 Å². The molecule has 0 spiro atoms. The average Bonchev–Trinajstić information content (AvgIpc) is 3.95. The summed E-state index contributed by atoms with van der Waals surface area (Å²) in [6, 6.07) is 13.2. The number of rotatable bonds is 9. The van der Waals surface area contributed by atoms with Gasteiger partial charge in [0.1, 0.15) is 23.5 Å². The number of ether oxygens (including phenoxy) is 4. The Morgan fingerprint density at radius 2 is 1.15 bits per heavy atom. The number of hydrogen-bond donors (Lipinski definition) is 3. The first-order valence-corrected chi connectivity index (χ1v) is 22.9. The van der Waals surface area contributed by atoms with Crippen molar-refractivity contribution in [2.24, 2.45) is 0 Å². The molecule has 344 valence electrons. The number of urea groups is 2. The second kappa shape index (κ2) is 23.6. The molecule has 6 aromatic rings. The lowest BCUT2D eigenvalue weighted by molar-refractivity contribution is -0.148. The van der Waals surface area contributed by atoms with Crippen LogP contribution in [0.4, 0.5) is 19.9 Å². The fourth-order valence-electron chi connectivity index (χ4n) is 6.45. The van der Waals surface area contributed by atoms with Crippen molar-refractivity contribution < 1.29 is 38.1 Å². The van der Waals surface area contributed by atoms with Crippen molar-refractivity contribution in [2.75, 3.05) is 91.4 Å². The van der Waals surface area contributed by atoms with E-state index in [1.807, 2.05) is 17.0 Å². The molecule has 0 saturated carbocycles. The number of benzene rings is 2. The van der Waals surface area contributed by atoms with Crippen LogP contribution in [0, 0.1) is 0 Å². The van der Waals surface area contributed by atoms with E-state index < -0.39 is 10.9 Å². The summed E-state index contributed by atoms with van der Waals surface area (Å²) in [6.07, 6.45) is 2.81. The largest absolute Gasteiger partial charge is 0.479 e. The van der Waals surface area contributed by atoms with Gasteiger partial charge in [0.15, 0.2) is 31.0 Å². The summed E-state index contributed by atoms with van der Waals surface area (Å²) in [5.41, 5.74) is 2.62. The molecule has 2 saturated heterocycles. The van der Waals surface area contributed by atoms with Gasteiger partial charge in [-0.25, -0.2) is 34.3 Å². The molecule has 2 unspecified atom stereocenters. The maximum atomic E-state index is 12.8. The third-order valence-corrected chi connectivity index (χ3v) is 12.8. The summed E-state index contributed by atoms with van der Waals surface area (Å²) in [7, 11) is 5.74. The minimum atomic E-state index is -0.584. The van der Waals surface area contributed by atoms with Gasteiger partial charge in [0, 0.05) is 62.4 Å². The van der Waals surface area contributed by atoms with Crippen LogP contribution >= 0.6 is 61.8 Å². The van der Waals surface area contributed by atoms with E-state index in [0.29, 0.717) is 92.0 Å². The zero-order chi connectivity index (χ0) is 46.5. The Labute approximate surface area is 399 Å². The van der Waals surface area contributed by atoms with Gasteiger partial charge in [-0.05, 0) is 35.4 Å². The lowest BCUT2D eigenvalue weighted by atomic mass is 10.0. The van der Waals surface area contributed by atoms with Gasteiger partial charge >= 0.3 is 24.0 Å². The number of alkyl halides is 1. The van der Waals surface area contributed by atoms with Crippen molar-refractivity contribution >= 4 is 117 Å². The van der Waals surface area contributed by atoms with Crippen LogP contribution in [0.3, 0.4) is 0 Å². The van der Waals surface area contributed by atoms with E-state index in [2.05, 4.69) is 66.5 Å². The molecule has 2 fully saturated rings. The van der Waals surface area contributed by atoms with Crippen LogP contribution in [0.25, 0.3) is 20.7 Å². The molecule has 2 aliphatic rings. The number of piperazine rings is 2. The van der Waals surface area contributed by atoms with Gasteiger partial charge in [-0.1, -0.05) is 86.1 Å². The van der Waals surface area contributed by atoms with Crippen LogP contribution in [0.1, 0.15) is 22.0 Å². The number of amides is 4. The molecule has 2 aromatic carbocycles. The molecule has 2 aliphatic heterocycles. The van der Waals surface area contributed by atoms with E-state index >= 15 is 0 Å². The maximum Gasteiger partial charge on any atom is 0.327 e. The minimum absolute atomic E-state index is 0.141. The summed E-state index contributed by atoms with van der Waals surface area (Å²) in [6.45, 7) is 4.89. The van der Waals surface area contributed by atoms with Gasteiger partial charge in [-0.3, -0.25) is 20.3 Å². The highest BCUT2D eigenvalue weighted by molar-refractivity contribution is 9.09. The fourth-order valence-corrected chi connectivity index (χ4v) is 8.90. The highest BCUT2D eigenvalue weighted by Gasteiger charge is 2.33. The Bertz CT molecular complexity index is 2600. The maximum absolute atomic E-state index is 12.8. The molecule has 0 radical (unpaired) electrons. The molecule has 25 heteroatoms. The first-order valence-electron chi connectivity index (χ1n) is 19.6. The quantitative estimate of drug-likeness (QED) is 0.107. The van der Waals surface area contributed by atoms with Crippen molar-refractivity contribution in [3.8, 4) is 11.8 Å². The van der Waals surface area contributed by atoms with Crippen molar-refractivity contribution in [1.29, 1.82) is 0 Å². The van der Waals surface area contributed by atoms with Gasteiger partial charge in [-0.15, -0.1) is 0 Å². The third kappa shape index (κ3) is 12.8. The number of esters is 2. The number of halogens is 3.